The maximum atomic E-state index is 11.1. The topological polar surface area (TPSA) is 57.5 Å². The molecule has 1 fully saturated rings. The van der Waals surface area contributed by atoms with Gasteiger partial charge in [0.1, 0.15) is 0 Å². The van der Waals surface area contributed by atoms with Crippen LogP contribution in [-0.2, 0) is 4.79 Å². The summed E-state index contributed by atoms with van der Waals surface area (Å²) in [4.78, 5) is 11.1. The Balaban J connectivity index is 2.24. The molecule has 0 aromatic carbocycles. The van der Waals surface area contributed by atoms with Gasteiger partial charge in [0.05, 0.1) is 0 Å². The number of carboxylic acid groups (broad SMARTS) is 1. The minimum Gasteiger partial charge on any atom is -0.478 e. The molecule has 0 saturated heterocycles. The maximum Gasteiger partial charge on any atom is 0.331 e. The number of aliphatic hydroxyl groups is 1. The number of hydrogen-bond acceptors (Lipinski definition) is 2. The van der Waals surface area contributed by atoms with Crippen LogP contribution in [0.3, 0.4) is 0 Å². The third kappa shape index (κ3) is 2.46. The molecule has 0 heterocycles. The van der Waals surface area contributed by atoms with Crippen molar-refractivity contribution in [3.05, 3.63) is 11.6 Å². The van der Waals surface area contributed by atoms with Gasteiger partial charge in [0.2, 0.25) is 0 Å². The molecule has 1 saturated carbocycles. The van der Waals surface area contributed by atoms with Crippen LogP contribution in [0.25, 0.3) is 0 Å². The highest BCUT2D eigenvalue weighted by Gasteiger charge is 2.40. The van der Waals surface area contributed by atoms with E-state index in [1.807, 2.05) is 6.08 Å². The lowest BCUT2D eigenvalue weighted by Gasteiger charge is -2.45. The first kappa shape index (κ1) is 13.6. The van der Waals surface area contributed by atoms with Crippen LogP contribution in [0.4, 0.5) is 0 Å². The van der Waals surface area contributed by atoms with Crippen molar-refractivity contribution < 1.29 is 15.0 Å². The zero-order valence-corrected chi connectivity index (χ0v) is 11.3. The lowest BCUT2D eigenvalue weighted by atomic mass is 9.60. The molecule has 2 aliphatic rings. The SMILES string of the molecule is C[C@@H]1CC[C@H]([C@@H](C)CO)[C@H]2C=C(C(=O)O)CCC12. The van der Waals surface area contributed by atoms with E-state index in [9.17, 15) is 9.90 Å². The number of rotatable bonds is 3. The van der Waals surface area contributed by atoms with Crippen molar-refractivity contribution >= 4 is 5.97 Å². The summed E-state index contributed by atoms with van der Waals surface area (Å²) in [6.07, 6.45) is 6.04. The molecule has 0 amide bonds. The average Bonchev–Trinajstić information content (AvgIpc) is 2.38. The molecule has 0 aromatic heterocycles. The van der Waals surface area contributed by atoms with E-state index in [1.54, 1.807) is 0 Å². The van der Waals surface area contributed by atoms with Gasteiger partial charge in [-0.3, -0.25) is 0 Å². The van der Waals surface area contributed by atoms with E-state index in [4.69, 9.17) is 5.11 Å². The quantitative estimate of drug-likeness (QED) is 0.812. The number of hydrogen-bond donors (Lipinski definition) is 2. The van der Waals surface area contributed by atoms with Gasteiger partial charge in [-0.15, -0.1) is 0 Å². The zero-order chi connectivity index (χ0) is 13.3. The lowest BCUT2D eigenvalue weighted by molar-refractivity contribution is -0.133. The van der Waals surface area contributed by atoms with Crippen LogP contribution in [0.1, 0.15) is 39.5 Å². The monoisotopic (exact) mass is 252 g/mol. The van der Waals surface area contributed by atoms with Gasteiger partial charge in [-0.25, -0.2) is 4.79 Å². The summed E-state index contributed by atoms with van der Waals surface area (Å²) < 4.78 is 0. The molecule has 0 radical (unpaired) electrons. The molecule has 102 valence electrons. The highest BCUT2D eigenvalue weighted by atomic mass is 16.4. The van der Waals surface area contributed by atoms with E-state index >= 15 is 0 Å². The molecular formula is C15H24O3. The maximum absolute atomic E-state index is 11.1. The van der Waals surface area contributed by atoms with Gasteiger partial charge in [0.25, 0.3) is 0 Å². The summed E-state index contributed by atoms with van der Waals surface area (Å²) in [5.74, 6) is 1.61. The van der Waals surface area contributed by atoms with E-state index in [2.05, 4.69) is 13.8 Å². The fraction of sp³-hybridized carbons (Fsp3) is 0.800. The molecule has 5 atom stereocenters. The number of fused-ring (bicyclic) bond motifs is 1. The molecule has 0 bridgehead atoms. The number of carbonyl (C=O) groups is 1. The molecule has 1 unspecified atom stereocenters. The minimum atomic E-state index is -0.762. The first-order valence-corrected chi connectivity index (χ1v) is 7.09. The van der Waals surface area contributed by atoms with Gasteiger partial charge in [0, 0.05) is 12.2 Å². The van der Waals surface area contributed by atoms with Gasteiger partial charge in [-0.2, -0.15) is 0 Å². The Kier molecular flexibility index (Phi) is 4.10. The number of aliphatic carboxylic acids is 1. The predicted octanol–water partition coefficient (Wildman–Crippen LogP) is 2.70. The Hall–Kier alpha value is -0.830. The second kappa shape index (κ2) is 5.43. The van der Waals surface area contributed by atoms with Gasteiger partial charge in [0.15, 0.2) is 0 Å². The second-order valence-electron chi connectivity index (χ2n) is 6.16. The third-order valence-electron chi connectivity index (χ3n) is 5.11. The van der Waals surface area contributed by atoms with Crippen LogP contribution in [0.2, 0.25) is 0 Å². The van der Waals surface area contributed by atoms with Gasteiger partial charge < -0.3 is 10.2 Å². The standard InChI is InChI=1S/C15H24O3/c1-9-3-5-13(10(2)8-16)14-7-11(15(17)18)4-6-12(9)14/h7,9-10,12-14,16H,3-6,8H2,1-2H3,(H,17,18)/t9-,10+,12?,13-,14+/m1/s1. The Bertz CT molecular complexity index is 348. The smallest absolute Gasteiger partial charge is 0.331 e. The summed E-state index contributed by atoms with van der Waals surface area (Å²) in [5, 5.41) is 18.5. The largest absolute Gasteiger partial charge is 0.478 e. The van der Waals surface area contributed by atoms with Crippen molar-refractivity contribution in [2.75, 3.05) is 6.61 Å². The van der Waals surface area contributed by atoms with Gasteiger partial charge in [-0.05, 0) is 48.9 Å². The first-order chi connectivity index (χ1) is 8.54. The lowest BCUT2D eigenvalue weighted by Crippen LogP contribution is -2.38. The number of carboxylic acids is 1. The highest BCUT2D eigenvalue weighted by molar-refractivity contribution is 5.86. The van der Waals surface area contributed by atoms with E-state index < -0.39 is 5.97 Å². The normalized spacial score (nSPS) is 37.6. The van der Waals surface area contributed by atoms with Crippen LogP contribution in [0.5, 0.6) is 0 Å². The molecule has 18 heavy (non-hydrogen) atoms. The zero-order valence-electron chi connectivity index (χ0n) is 11.3. The molecule has 3 heteroatoms. The Morgan fingerprint density at radius 1 is 1.44 bits per heavy atom. The van der Waals surface area contributed by atoms with Gasteiger partial charge >= 0.3 is 5.97 Å². The van der Waals surface area contributed by atoms with Crippen molar-refractivity contribution in [3.8, 4) is 0 Å². The molecule has 0 spiro atoms. The van der Waals surface area contributed by atoms with Crippen molar-refractivity contribution in [3.63, 3.8) is 0 Å². The Morgan fingerprint density at radius 2 is 2.17 bits per heavy atom. The van der Waals surface area contributed by atoms with Crippen LogP contribution in [0.15, 0.2) is 11.6 Å². The van der Waals surface area contributed by atoms with E-state index in [0.717, 1.165) is 12.8 Å². The average molecular weight is 252 g/mol. The van der Waals surface area contributed by atoms with Crippen LogP contribution >= 0.6 is 0 Å². The first-order valence-electron chi connectivity index (χ1n) is 7.09. The molecule has 0 aliphatic heterocycles. The minimum absolute atomic E-state index is 0.207. The molecule has 2 aliphatic carbocycles. The summed E-state index contributed by atoms with van der Waals surface area (Å²) in [6.45, 7) is 4.58. The fourth-order valence-electron chi connectivity index (χ4n) is 3.90. The summed E-state index contributed by atoms with van der Waals surface area (Å²) in [7, 11) is 0. The fourth-order valence-corrected chi connectivity index (χ4v) is 3.90. The molecule has 2 N–H and O–H groups in total. The summed E-state index contributed by atoms with van der Waals surface area (Å²) >= 11 is 0. The molecule has 2 rings (SSSR count). The predicted molar refractivity (Wildman–Crippen MR) is 70.1 cm³/mol. The molecule has 0 aromatic rings. The van der Waals surface area contributed by atoms with Crippen molar-refractivity contribution in [1.29, 1.82) is 0 Å². The Morgan fingerprint density at radius 3 is 2.78 bits per heavy atom. The van der Waals surface area contributed by atoms with E-state index in [-0.39, 0.29) is 12.5 Å². The molecular weight excluding hydrogens is 228 g/mol. The summed E-state index contributed by atoms with van der Waals surface area (Å²) in [6, 6.07) is 0. The van der Waals surface area contributed by atoms with Crippen LogP contribution in [0, 0.1) is 29.6 Å². The van der Waals surface area contributed by atoms with E-state index in [1.165, 1.54) is 6.42 Å². The van der Waals surface area contributed by atoms with Crippen molar-refractivity contribution in [1.82, 2.24) is 0 Å². The number of aliphatic hydroxyl groups excluding tert-OH is 1. The van der Waals surface area contributed by atoms with Crippen molar-refractivity contribution in [2.24, 2.45) is 29.6 Å². The van der Waals surface area contributed by atoms with Crippen LogP contribution < -0.4 is 0 Å². The van der Waals surface area contributed by atoms with Crippen LogP contribution in [-0.4, -0.2) is 22.8 Å². The Labute approximate surface area is 109 Å². The van der Waals surface area contributed by atoms with Gasteiger partial charge in [-0.1, -0.05) is 26.3 Å². The summed E-state index contributed by atoms with van der Waals surface area (Å²) in [5.41, 5.74) is 0.584. The second-order valence-corrected chi connectivity index (χ2v) is 6.16. The highest BCUT2D eigenvalue weighted by Crippen LogP contribution is 2.47. The number of allylic oxidation sites excluding steroid dienone is 1. The van der Waals surface area contributed by atoms with E-state index in [0.29, 0.717) is 35.7 Å². The molecule has 3 nitrogen and oxygen atoms in total. The van der Waals surface area contributed by atoms with Crippen molar-refractivity contribution in [2.45, 2.75) is 39.5 Å². The third-order valence-corrected chi connectivity index (χ3v) is 5.11.